The molecule has 2 rings (SSSR count). The van der Waals surface area contributed by atoms with Crippen molar-refractivity contribution >= 4 is 5.91 Å². The third-order valence-corrected chi connectivity index (χ3v) is 3.20. The van der Waals surface area contributed by atoms with Crippen molar-refractivity contribution in [3.05, 3.63) is 59.2 Å². The van der Waals surface area contributed by atoms with Gasteiger partial charge in [0.05, 0.1) is 14.2 Å². The minimum Gasteiger partial charge on any atom is -0.493 e. The molecule has 0 aliphatic rings. The second-order valence-electron chi connectivity index (χ2n) is 4.70. The number of rotatable bonds is 5. The number of hydrogen-bond acceptors (Lipinski definition) is 3. The van der Waals surface area contributed by atoms with E-state index in [4.69, 9.17) is 9.47 Å². The average Bonchev–Trinajstić information content (AvgIpc) is 2.51. The maximum absolute atomic E-state index is 12.1. The molecule has 1 N–H and O–H groups in total. The van der Waals surface area contributed by atoms with Gasteiger partial charge in [0.1, 0.15) is 0 Å². The van der Waals surface area contributed by atoms with Crippen LogP contribution in [0.5, 0.6) is 11.5 Å². The molecular weight excluding hydrogens is 266 g/mol. The summed E-state index contributed by atoms with van der Waals surface area (Å²) >= 11 is 0. The van der Waals surface area contributed by atoms with Crippen molar-refractivity contribution in [2.75, 3.05) is 14.2 Å². The van der Waals surface area contributed by atoms with E-state index in [0.717, 1.165) is 11.1 Å². The number of carbonyl (C=O) groups excluding carboxylic acids is 1. The second-order valence-corrected chi connectivity index (χ2v) is 4.70. The van der Waals surface area contributed by atoms with Crippen molar-refractivity contribution in [3.8, 4) is 11.5 Å². The van der Waals surface area contributed by atoms with Crippen LogP contribution in [-0.2, 0) is 6.54 Å². The first-order valence-electron chi connectivity index (χ1n) is 6.70. The first-order chi connectivity index (χ1) is 10.2. The molecule has 0 atom stereocenters. The highest BCUT2D eigenvalue weighted by Gasteiger charge is 2.11. The molecule has 0 aromatic heterocycles. The Kier molecular flexibility index (Phi) is 4.82. The number of hydrogen-bond donors (Lipinski definition) is 1. The van der Waals surface area contributed by atoms with Crippen LogP contribution in [0.4, 0.5) is 0 Å². The van der Waals surface area contributed by atoms with Gasteiger partial charge in [-0.2, -0.15) is 0 Å². The third kappa shape index (κ3) is 3.54. The van der Waals surface area contributed by atoms with E-state index in [1.807, 2.05) is 43.3 Å². The molecule has 0 radical (unpaired) electrons. The van der Waals surface area contributed by atoms with Crippen LogP contribution < -0.4 is 14.8 Å². The van der Waals surface area contributed by atoms with Gasteiger partial charge >= 0.3 is 0 Å². The standard InChI is InChI=1S/C17H19NO3/c1-12-6-4-7-13(10-12)17(19)18-11-14-8-5-9-15(20-2)16(14)21-3/h4-10H,11H2,1-3H3,(H,18,19). The van der Waals surface area contributed by atoms with Gasteiger partial charge in [-0.1, -0.05) is 29.8 Å². The van der Waals surface area contributed by atoms with Crippen LogP contribution in [0.1, 0.15) is 21.5 Å². The monoisotopic (exact) mass is 285 g/mol. The first-order valence-corrected chi connectivity index (χ1v) is 6.70. The fraction of sp³-hybridized carbons (Fsp3) is 0.235. The van der Waals surface area contributed by atoms with Gasteiger partial charge in [0.25, 0.3) is 5.91 Å². The van der Waals surface area contributed by atoms with Crippen molar-refractivity contribution in [2.45, 2.75) is 13.5 Å². The number of para-hydroxylation sites is 1. The molecule has 0 fully saturated rings. The van der Waals surface area contributed by atoms with Gasteiger partial charge in [0.15, 0.2) is 11.5 Å². The summed E-state index contributed by atoms with van der Waals surface area (Å²) in [4.78, 5) is 12.1. The van der Waals surface area contributed by atoms with Gasteiger partial charge in [-0.3, -0.25) is 4.79 Å². The van der Waals surface area contributed by atoms with E-state index in [0.29, 0.717) is 23.6 Å². The maximum atomic E-state index is 12.1. The molecule has 0 spiro atoms. The van der Waals surface area contributed by atoms with Crippen molar-refractivity contribution in [1.29, 1.82) is 0 Å². The lowest BCUT2D eigenvalue weighted by Gasteiger charge is -2.13. The Balaban J connectivity index is 2.11. The number of carbonyl (C=O) groups is 1. The van der Waals surface area contributed by atoms with Crippen LogP contribution in [0, 0.1) is 6.92 Å². The zero-order chi connectivity index (χ0) is 15.2. The normalized spacial score (nSPS) is 10.0. The van der Waals surface area contributed by atoms with E-state index in [2.05, 4.69) is 5.32 Å². The van der Waals surface area contributed by atoms with Crippen molar-refractivity contribution in [2.24, 2.45) is 0 Å². The molecule has 0 aliphatic heterocycles. The Labute approximate surface area is 124 Å². The Hall–Kier alpha value is -2.49. The van der Waals surface area contributed by atoms with E-state index in [1.54, 1.807) is 20.3 Å². The average molecular weight is 285 g/mol. The quantitative estimate of drug-likeness (QED) is 0.918. The fourth-order valence-corrected chi connectivity index (χ4v) is 2.16. The molecule has 4 heteroatoms. The summed E-state index contributed by atoms with van der Waals surface area (Å²) in [6, 6.07) is 13.1. The summed E-state index contributed by atoms with van der Waals surface area (Å²) < 4.78 is 10.6. The fourth-order valence-electron chi connectivity index (χ4n) is 2.16. The van der Waals surface area contributed by atoms with E-state index in [9.17, 15) is 4.79 Å². The summed E-state index contributed by atoms with van der Waals surface area (Å²) in [6.45, 7) is 2.34. The molecule has 2 aromatic rings. The summed E-state index contributed by atoms with van der Waals surface area (Å²) in [7, 11) is 3.18. The van der Waals surface area contributed by atoms with E-state index in [1.165, 1.54) is 0 Å². The lowest BCUT2D eigenvalue weighted by atomic mass is 10.1. The first kappa shape index (κ1) is 14.9. The van der Waals surface area contributed by atoms with E-state index >= 15 is 0 Å². The summed E-state index contributed by atoms with van der Waals surface area (Å²) in [5.74, 6) is 1.19. The molecule has 0 saturated carbocycles. The molecule has 0 bridgehead atoms. The van der Waals surface area contributed by atoms with Gasteiger partial charge in [-0.05, 0) is 25.1 Å². The minimum absolute atomic E-state index is 0.108. The zero-order valence-corrected chi connectivity index (χ0v) is 12.5. The molecule has 0 heterocycles. The molecule has 1 amide bonds. The predicted molar refractivity (Wildman–Crippen MR) is 81.9 cm³/mol. The molecule has 2 aromatic carbocycles. The number of aryl methyl sites for hydroxylation is 1. The molecule has 4 nitrogen and oxygen atoms in total. The third-order valence-electron chi connectivity index (χ3n) is 3.20. The molecule has 0 unspecified atom stereocenters. The largest absolute Gasteiger partial charge is 0.493 e. The highest BCUT2D eigenvalue weighted by Crippen LogP contribution is 2.30. The Bertz CT molecular complexity index is 638. The van der Waals surface area contributed by atoms with Crippen LogP contribution in [-0.4, -0.2) is 20.1 Å². The van der Waals surface area contributed by atoms with Crippen molar-refractivity contribution in [3.63, 3.8) is 0 Å². The van der Waals surface area contributed by atoms with Gasteiger partial charge < -0.3 is 14.8 Å². The highest BCUT2D eigenvalue weighted by molar-refractivity contribution is 5.94. The SMILES string of the molecule is COc1cccc(CNC(=O)c2cccc(C)c2)c1OC. The number of amides is 1. The predicted octanol–water partition coefficient (Wildman–Crippen LogP) is 2.94. The highest BCUT2D eigenvalue weighted by atomic mass is 16.5. The van der Waals surface area contributed by atoms with Gasteiger partial charge in [0, 0.05) is 17.7 Å². The number of nitrogens with one attached hydrogen (secondary N) is 1. The smallest absolute Gasteiger partial charge is 0.251 e. The second kappa shape index (κ2) is 6.79. The van der Waals surface area contributed by atoms with Crippen LogP contribution in [0.3, 0.4) is 0 Å². The van der Waals surface area contributed by atoms with Crippen LogP contribution in [0.25, 0.3) is 0 Å². The molecule has 0 saturated heterocycles. The number of benzene rings is 2. The van der Waals surface area contributed by atoms with Gasteiger partial charge in [-0.15, -0.1) is 0 Å². The number of ether oxygens (including phenoxy) is 2. The van der Waals surface area contributed by atoms with Gasteiger partial charge in [0.2, 0.25) is 0 Å². The van der Waals surface area contributed by atoms with Crippen LogP contribution in [0.15, 0.2) is 42.5 Å². The van der Waals surface area contributed by atoms with E-state index < -0.39 is 0 Å². The molecule has 21 heavy (non-hydrogen) atoms. The van der Waals surface area contributed by atoms with E-state index in [-0.39, 0.29) is 5.91 Å². The lowest BCUT2D eigenvalue weighted by molar-refractivity contribution is 0.0950. The Morgan fingerprint density at radius 2 is 1.86 bits per heavy atom. The Morgan fingerprint density at radius 1 is 1.10 bits per heavy atom. The molecular formula is C17H19NO3. The lowest BCUT2D eigenvalue weighted by Crippen LogP contribution is -2.23. The molecule has 110 valence electrons. The maximum Gasteiger partial charge on any atom is 0.251 e. The minimum atomic E-state index is -0.108. The van der Waals surface area contributed by atoms with Crippen molar-refractivity contribution in [1.82, 2.24) is 5.32 Å². The van der Waals surface area contributed by atoms with Crippen LogP contribution in [0.2, 0.25) is 0 Å². The molecule has 0 aliphatic carbocycles. The van der Waals surface area contributed by atoms with Crippen molar-refractivity contribution < 1.29 is 14.3 Å². The summed E-state index contributed by atoms with van der Waals surface area (Å²) in [5.41, 5.74) is 2.58. The number of methoxy groups -OCH3 is 2. The topological polar surface area (TPSA) is 47.6 Å². The Morgan fingerprint density at radius 3 is 2.52 bits per heavy atom. The summed E-state index contributed by atoms with van der Waals surface area (Å²) in [5, 5.41) is 2.89. The zero-order valence-electron chi connectivity index (χ0n) is 12.5. The summed E-state index contributed by atoms with van der Waals surface area (Å²) in [6.07, 6.45) is 0. The van der Waals surface area contributed by atoms with Gasteiger partial charge in [-0.25, -0.2) is 0 Å². The van der Waals surface area contributed by atoms with Crippen LogP contribution >= 0.6 is 0 Å².